The highest BCUT2D eigenvalue weighted by Crippen LogP contribution is 2.32. The smallest absolute Gasteiger partial charge is 0.127 e. The average Bonchev–Trinajstić information content (AvgIpc) is 3.51. The van der Waals surface area contributed by atoms with Crippen LogP contribution in [0.5, 0.6) is 0 Å². The molecule has 6 aromatic rings. The molecule has 0 radical (unpaired) electrons. The van der Waals surface area contributed by atoms with Crippen molar-refractivity contribution in [2.45, 2.75) is 33.2 Å². The third-order valence-corrected chi connectivity index (χ3v) is 7.31. The van der Waals surface area contributed by atoms with E-state index in [4.69, 9.17) is 5.10 Å². The quantitative estimate of drug-likeness (QED) is 0.233. The highest BCUT2D eigenvalue weighted by Gasteiger charge is 2.13. The molecule has 2 heterocycles. The Morgan fingerprint density at radius 2 is 1.47 bits per heavy atom. The largest absolute Gasteiger partial charge is 0.275 e. The number of benzene rings is 4. The van der Waals surface area contributed by atoms with E-state index < -0.39 is 0 Å². The van der Waals surface area contributed by atoms with Gasteiger partial charge in [0.2, 0.25) is 0 Å². The van der Waals surface area contributed by atoms with E-state index in [1.807, 2.05) is 92.6 Å². The molecule has 0 spiro atoms. The maximum absolute atomic E-state index is 15.2. The lowest BCUT2D eigenvalue weighted by atomic mass is 9.98. The summed E-state index contributed by atoms with van der Waals surface area (Å²) in [5, 5.41) is 11.2. The average molecular weight is 507 g/mol. The number of fused-ring (bicyclic) bond motifs is 2. The van der Waals surface area contributed by atoms with E-state index in [0.717, 1.165) is 49.6 Å². The van der Waals surface area contributed by atoms with Crippen molar-refractivity contribution in [3.8, 4) is 22.3 Å². The molecule has 190 valence electrons. The van der Waals surface area contributed by atoms with E-state index in [2.05, 4.69) is 5.10 Å². The molecule has 0 unspecified atom stereocenters. The Hall–Kier alpha value is -4.32. The van der Waals surface area contributed by atoms with Gasteiger partial charge in [-0.05, 0) is 76.9 Å². The summed E-state index contributed by atoms with van der Waals surface area (Å²) in [6, 6.07) is 20.8. The van der Waals surface area contributed by atoms with Gasteiger partial charge in [0.15, 0.2) is 0 Å². The topological polar surface area (TPSA) is 35.6 Å². The molecule has 0 aliphatic heterocycles. The van der Waals surface area contributed by atoms with Crippen LogP contribution >= 0.6 is 0 Å². The zero-order valence-electron chi connectivity index (χ0n) is 21.7. The van der Waals surface area contributed by atoms with Crippen molar-refractivity contribution in [2.24, 2.45) is 7.05 Å². The number of hydrogen-bond donors (Lipinski definition) is 0. The first-order valence-corrected chi connectivity index (χ1v) is 12.9. The van der Waals surface area contributed by atoms with E-state index in [-0.39, 0.29) is 11.6 Å². The van der Waals surface area contributed by atoms with E-state index >= 15 is 4.39 Å². The van der Waals surface area contributed by atoms with Crippen LogP contribution in [0.1, 0.15) is 23.6 Å². The number of halogens is 2. The Labute approximate surface area is 220 Å². The molecule has 0 atom stereocenters. The molecule has 0 amide bonds. The van der Waals surface area contributed by atoms with E-state index in [0.29, 0.717) is 30.5 Å². The van der Waals surface area contributed by atoms with Crippen molar-refractivity contribution in [1.82, 2.24) is 19.6 Å². The highest BCUT2D eigenvalue weighted by molar-refractivity contribution is 5.96. The number of rotatable bonds is 6. The van der Waals surface area contributed by atoms with Crippen molar-refractivity contribution in [2.75, 3.05) is 0 Å². The third kappa shape index (κ3) is 4.26. The first-order chi connectivity index (χ1) is 18.4. The van der Waals surface area contributed by atoms with Gasteiger partial charge in [0.1, 0.15) is 11.6 Å². The van der Waals surface area contributed by atoms with Crippen LogP contribution in [0.25, 0.3) is 44.1 Å². The van der Waals surface area contributed by atoms with Gasteiger partial charge in [-0.15, -0.1) is 0 Å². The van der Waals surface area contributed by atoms with Crippen molar-refractivity contribution in [3.63, 3.8) is 0 Å². The van der Waals surface area contributed by atoms with Gasteiger partial charge < -0.3 is 0 Å². The van der Waals surface area contributed by atoms with Crippen LogP contribution < -0.4 is 0 Å². The predicted octanol–water partition coefficient (Wildman–Crippen LogP) is 7.65. The van der Waals surface area contributed by atoms with Crippen LogP contribution in [-0.2, 0) is 26.4 Å². The first kappa shape index (κ1) is 24.0. The lowest BCUT2D eigenvalue weighted by molar-refractivity contribution is 0.575. The molecular weight excluding hydrogens is 478 g/mol. The number of aryl methyl sites for hydroxylation is 5. The molecule has 0 aliphatic carbocycles. The van der Waals surface area contributed by atoms with Crippen LogP contribution in [0.3, 0.4) is 0 Å². The maximum atomic E-state index is 15.2. The van der Waals surface area contributed by atoms with Gasteiger partial charge in [0, 0.05) is 36.8 Å². The second-order valence-electron chi connectivity index (χ2n) is 9.84. The minimum Gasteiger partial charge on any atom is -0.275 e. The number of nitrogens with zero attached hydrogens (tertiary/aromatic N) is 4. The summed E-state index contributed by atoms with van der Waals surface area (Å²) in [4.78, 5) is 0. The lowest BCUT2D eigenvalue weighted by Crippen LogP contribution is -2.03. The summed E-state index contributed by atoms with van der Waals surface area (Å²) in [7, 11) is 1.90. The fourth-order valence-corrected chi connectivity index (χ4v) is 5.22. The summed E-state index contributed by atoms with van der Waals surface area (Å²) in [6.45, 7) is 4.51. The van der Waals surface area contributed by atoms with Gasteiger partial charge in [0.05, 0.1) is 11.0 Å². The molecule has 0 saturated carbocycles. The summed E-state index contributed by atoms with van der Waals surface area (Å²) in [6.07, 6.45) is 5.11. The molecule has 6 rings (SSSR count). The number of hydrogen-bond acceptors (Lipinski definition) is 2. The second-order valence-corrected chi connectivity index (χ2v) is 9.84. The van der Waals surface area contributed by atoms with E-state index in [1.165, 1.54) is 0 Å². The number of aromatic nitrogens is 4. The predicted molar refractivity (Wildman–Crippen MR) is 149 cm³/mol. The third-order valence-electron chi connectivity index (χ3n) is 7.31. The molecule has 2 aromatic heterocycles. The molecule has 38 heavy (non-hydrogen) atoms. The summed E-state index contributed by atoms with van der Waals surface area (Å²) >= 11 is 0. The summed E-state index contributed by atoms with van der Waals surface area (Å²) in [5.41, 5.74) is 7.77. The molecule has 6 heteroatoms. The van der Waals surface area contributed by atoms with Crippen LogP contribution in [0.4, 0.5) is 8.78 Å². The standard InChI is InChI=1S/C32H28F2N4/c1-4-21-9-11-23(16-29(21)33)25-6-5-7-31-27(25)19-38(35-31)15-14-22-10-12-24(17-30(22)34)26-13-8-20(2)32-28(26)18-37(3)36-32/h5-13,16-19H,4,14-15H2,1-3H3. The highest BCUT2D eigenvalue weighted by atomic mass is 19.1. The lowest BCUT2D eigenvalue weighted by Gasteiger charge is -2.09. The SMILES string of the molecule is CCc1ccc(-c2cccc3nn(CCc4ccc(-c5ccc(C)c6nn(C)cc56)cc4F)cc23)cc1F. The minimum absolute atomic E-state index is 0.191. The molecule has 0 fully saturated rings. The molecule has 0 N–H and O–H groups in total. The van der Waals surface area contributed by atoms with Crippen LogP contribution in [0.2, 0.25) is 0 Å². The molecule has 4 nitrogen and oxygen atoms in total. The van der Waals surface area contributed by atoms with Gasteiger partial charge in [-0.25, -0.2) is 8.78 Å². The Balaban J connectivity index is 1.26. The Morgan fingerprint density at radius 3 is 2.18 bits per heavy atom. The Kier molecular flexibility index (Phi) is 6.03. The molecule has 0 aliphatic rings. The van der Waals surface area contributed by atoms with Crippen LogP contribution in [0, 0.1) is 18.6 Å². The molecule has 0 saturated heterocycles. The first-order valence-electron chi connectivity index (χ1n) is 12.9. The van der Waals surface area contributed by atoms with Gasteiger partial charge >= 0.3 is 0 Å². The zero-order valence-corrected chi connectivity index (χ0v) is 21.7. The monoisotopic (exact) mass is 506 g/mol. The molecular formula is C32H28F2N4. The van der Waals surface area contributed by atoms with Gasteiger partial charge in [-0.2, -0.15) is 10.2 Å². The Morgan fingerprint density at radius 1 is 0.763 bits per heavy atom. The minimum atomic E-state index is -0.232. The second kappa shape index (κ2) is 9.53. The van der Waals surface area contributed by atoms with Gasteiger partial charge in [-0.3, -0.25) is 9.36 Å². The normalized spacial score (nSPS) is 11.6. The summed E-state index contributed by atoms with van der Waals surface area (Å²) < 4.78 is 33.3. The van der Waals surface area contributed by atoms with Crippen molar-refractivity contribution in [3.05, 3.63) is 107 Å². The zero-order chi connectivity index (χ0) is 26.4. The molecule has 4 aromatic carbocycles. The van der Waals surface area contributed by atoms with Crippen LogP contribution in [0.15, 0.2) is 79.1 Å². The fraction of sp³-hybridized carbons (Fsp3) is 0.188. The van der Waals surface area contributed by atoms with Crippen molar-refractivity contribution in [1.29, 1.82) is 0 Å². The Bertz CT molecular complexity index is 1810. The summed E-state index contributed by atoms with van der Waals surface area (Å²) in [5.74, 6) is -0.424. The van der Waals surface area contributed by atoms with Crippen molar-refractivity contribution >= 4 is 21.8 Å². The van der Waals surface area contributed by atoms with E-state index in [9.17, 15) is 4.39 Å². The van der Waals surface area contributed by atoms with Gasteiger partial charge in [0.25, 0.3) is 0 Å². The van der Waals surface area contributed by atoms with Crippen LogP contribution in [-0.4, -0.2) is 19.6 Å². The van der Waals surface area contributed by atoms with E-state index in [1.54, 1.807) is 16.8 Å². The fourth-order valence-electron chi connectivity index (χ4n) is 5.22. The van der Waals surface area contributed by atoms with Crippen molar-refractivity contribution < 1.29 is 8.78 Å². The molecule has 0 bridgehead atoms. The maximum Gasteiger partial charge on any atom is 0.127 e. The van der Waals surface area contributed by atoms with Gasteiger partial charge in [-0.1, -0.05) is 55.5 Å².